The summed E-state index contributed by atoms with van der Waals surface area (Å²) in [6, 6.07) is 6.94. The number of hydrogen-bond acceptors (Lipinski definition) is 4. The molecule has 126 valence electrons. The monoisotopic (exact) mass is 336 g/mol. The minimum atomic E-state index is -2.83. The predicted molar refractivity (Wildman–Crippen MR) is 83.8 cm³/mol. The molecule has 0 spiro atoms. The predicted octanol–water partition coefficient (Wildman–Crippen LogP) is 2.43. The number of piperazine rings is 1. The van der Waals surface area contributed by atoms with Gasteiger partial charge in [-0.05, 0) is 18.9 Å². The number of alkyl halides is 2. The fourth-order valence-corrected chi connectivity index (χ4v) is 2.77. The van der Waals surface area contributed by atoms with Gasteiger partial charge in [0.2, 0.25) is 0 Å². The summed E-state index contributed by atoms with van der Waals surface area (Å²) in [5.41, 5.74) is 0.771. The first-order valence-corrected chi connectivity index (χ1v) is 7.31. The standard InChI is InChI=1S/C15H22F2N2O2.ClH/c16-15(17)21-14-6-2-1-4-12(14)13(5-3-11-20)19-9-7-18-8-10-19;/h1-2,4,6,13,15,18,20H,3,5,7-11H2;1H/t13-;/m0./s1. The van der Waals surface area contributed by atoms with E-state index in [-0.39, 0.29) is 30.8 Å². The molecule has 2 rings (SSSR count). The first kappa shape index (κ1) is 19.1. The minimum absolute atomic E-state index is 0. The molecular weight excluding hydrogens is 314 g/mol. The molecule has 1 aliphatic rings. The highest BCUT2D eigenvalue weighted by Gasteiger charge is 2.25. The number of ether oxygens (including phenoxy) is 1. The summed E-state index contributed by atoms with van der Waals surface area (Å²) >= 11 is 0. The molecule has 1 aliphatic heterocycles. The van der Waals surface area contributed by atoms with Crippen LogP contribution in [0.15, 0.2) is 24.3 Å². The number of aliphatic hydroxyl groups excluding tert-OH is 1. The van der Waals surface area contributed by atoms with Crippen LogP contribution in [-0.2, 0) is 0 Å². The van der Waals surface area contributed by atoms with Crippen LogP contribution >= 0.6 is 12.4 Å². The maximum atomic E-state index is 12.6. The summed E-state index contributed by atoms with van der Waals surface area (Å²) in [7, 11) is 0. The van der Waals surface area contributed by atoms with E-state index in [1.165, 1.54) is 0 Å². The van der Waals surface area contributed by atoms with E-state index in [0.29, 0.717) is 6.42 Å². The molecule has 1 atom stereocenters. The molecule has 0 radical (unpaired) electrons. The number of rotatable bonds is 7. The number of aliphatic hydroxyl groups is 1. The Morgan fingerprint density at radius 1 is 1.23 bits per heavy atom. The fourth-order valence-electron chi connectivity index (χ4n) is 2.77. The van der Waals surface area contributed by atoms with Crippen LogP contribution in [0.2, 0.25) is 0 Å². The van der Waals surface area contributed by atoms with Gasteiger partial charge in [-0.15, -0.1) is 12.4 Å². The second-order valence-corrected chi connectivity index (χ2v) is 5.08. The van der Waals surface area contributed by atoms with E-state index in [0.717, 1.165) is 38.2 Å². The lowest BCUT2D eigenvalue weighted by atomic mass is 9.98. The highest BCUT2D eigenvalue weighted by atomic mass is 35.5. The van der Waals surface area contributed by atoms with Gasteiger partial charge in [0.25, 0.3) is 0 Å². The van der Waals surface area contributed by atoms with Gasteiger partial charge in [-0.3, -0.25) is 4.90 Å². The van der Waals surface area contributed by atoms with Gasteiger partial charge in [0, 0.05) is 44.4 Å². The van der Waals surface area contributed by atoms with Gasteiger partial charge in [-0.25, -0.2) is 0 Å². The number of para-hydroxylation sites is 1. The second-order valence-electron chi connectivity index (χ2n) is 5.08. The molecule has 0 saturated carbocycles. The third-order valence-electron chi connectivity index (χ3n) is 3.72. The molecule has 7 heteroatoms. The Hall–Kier alpha value is -0.950. The zero-order chi connectivity index (χ0) is 15.1. The molecule has 22 heavy (non-hydrogen) atoms. The van der Waals surface area contributed by atoms with E-state index < -0.39 is 6.61 Å². The van der Waals surface area contributed by atoms with E-state index in [2.05, 4.69) is 15.0 Å². The van der Waals surface area contributed by atoms with Crippen molar-refractivity contribution >= 4 is 12.4 Å². The average molecular weight is 337 g/mol. The lowest BCUT2D eigenvalue weighted by Crippen LogP contribution is -2.45. The first-order chi connectivity index (χ1) is 10.2. The third-order valence-corrected chi connectivity index (χ3v) is 3.72. The van der Waals surface area contributed by atoms with E-state index >= 15 is 0 Å². The summed E-state index contributed by atoms with van der Waals surface area (Å²) in [6.07, 6.45) is 1.36. The van der Waals surface area contributed by atoms with Crippen LogP contribution in [0.3, 0.4) is 0 Å². The van der Waals surface area contributed by atoms with E-state index in [1.807, 2.05) is 12.1 Å². The number of nitrogens with zero attached hydrogens (tertiary/aromatic N) is 1. The molecule has 0 unspecified atom stereocenters. The van der Waals surface area contributed by atoms with Crippen molar-refractivity contribution in [2.45, 2.75) is 25.5 Å². The Kier molecular flexibility index (Phi) is 8.63. The molecule has 0 aliphatic carbocycles. The van der Waals surface area contributed by atoms with Gasteiger partial charge < -0.3 is 15.2 Å². The summed E-state index contributed by atoms with van der Waals surface area (Å²) in [5, 5.41) is 12.4. The molecular formula is C15H23ClF2N2O2. The van der Waals surface area contributed by atoms with Crippen LogP contribution in [0.25, 0.3) is 0 Å². The van der Waals surface area contributed by atoms with Crippen LogP contribution < -0.4 is 10.1 Å². The first-order valence-electron chi connectivity index (χ1n) is 7.31. The van der Waals surface area contributed by atoms with Crippen molar-refractivity contribution in [2.75, 3.05) is 32.8 Å². The molecule has 1 fully saturated rings. The van der Waals surface area contributed by atoms with Crippen LogP contribution in [0.1, 0.15) is 24.4 Å². The van der Waals surface area contributed by atoms with Crippen molar-refractivity contribution in [3.63, 3.8) is 0 Å². The molecule has 1 saturated heterocycles. The Balaban J connectivity index is 0.00000242. The van der Waals surface area contributed by atoms with Crippen molar-refractivity contribution in [2.24, 2.45) is 0 Å². The van der Waals surface area contributed by atoms with Gasteiger partial charge in [0.05, 0.1) is 0 Å². The largest absolute Gasteiger partial charge is 0.434 e. The Morgan fingerprint density at radius 2 is 1.91 bits per heavy atom. The summed E-state index contributed by atoms with van der Waals surface area (Å²) in [6.45, 7) is 0.757. The van der Waals surface area contributed by atoms with E-state index in [4.69, 9.17) is 5.11 Å². The van der Waals surface area contributed by atoms with Crippen LogP contribution in [-0.4, -0.2) is 49.4 Å². The van der Waals surface area contributed by atoms with Crippen LogP contribution in [0.5, 0.6) is 5.75 Å². The van der Waals surface area contributed by atoms with Gasteiger partial charge in [-0.2, -0.15) is 8.78 Å². The molecule has 2 N–H and O–H groups in total. The van der Waals surface area contributed by atoms with Crippen molar-refractivity contribution in [1.29, 1.82) is 0 Å². The number of benzene rings is 1. The zero-order valence-electron chi connectivity index (χ0n) is 12.4. The topological polar surface area (TPSA) is 44.7 Å². The zero-order valence-corrected chi connectivity index (χ0v) is 13.2. The lowest BCUT2D eigenvalue weighted by Gasteiger charge is -2.36. The summed E-state index contributed by atoms with van der Waals surface area (Å²) in [4.78, 5) is 2.26. The van der Waals surface area contributed by atoms with Gasteiger partial charge in [0.15, 0.2) is 0 Å². The molecule has 0 aromatic heterocycles. The quantitative estimate of drug-likeness (QED) is 0.802. The summed E-state index contributed by atoms with van der Waals surface area (Å²) < 4.78 is 29.8. The molecule has 1 aromatic rings. The highest BCUT2D eigenvalue weighted by Crippen LogP contribution is 2.33. The Bertz CT molecular complexity index is 432. The van der Waals surface area contributed by atoms with Gasteiger partial charge in [-0.1, -0.05) is 18.2 Å². The second kappa shape index (κ2) is 9.94. The molecule has 0 amide bonds. The highest BCUT2D eigenvalue weighted by molar-refractivity contribution is 5.85. The lowest BCUT2D eigenvalue weighted by molar-refractivity contribution is -0.0513. The van der Waals surface area contributed by atoms with Crippen molar-refractivity contribution < 1.29 is 18.6 Å². The Labute approximate surface area is 135 Å². The molecule has 4 nitrogen and oxygen atoms in total. The molecule has 1 aromatic carbocycles. The maximum Gasteiger partial charge on any atom is 0.387 e. The van der Waals surface area contributed by atoms with Crippen LogP contribution in [0.4, 0.5) is 8.78 Å². The molecule has 1 heterocycles. The van der Waals surface area contributed by atoms with Gasteiger partial charge in [0.1, 0.15) is 5.75 Å². The van der Waals surface area contributed by atoms with E-state index in [9.17, 15) is 8.78 Å². The van der Waals surface area contributed by atoms with Gasteiger partial charge >= 0.3 is 6.61 Å². The maximum absolute atomic E-state index is 12.6. The number of hydrogen-bond donors (Lipinski definition) is 2. The van der Waals surface area contributed by atoms with Crippen molar-refractivity contribution in [3.05, 3.63) is 29.8 Å². The minimum Gasteiger partial charge on any atom is -0.434 e. The molecule has 0 bridgehead atoms. The fraction of sp³-hybridized carbons (Fsp3) is 0.600. The Morgan fingerprint density at radius 3 is 2.55 bits per heavy atom. The average Bonchev–Trinajstić information content (AvgIpc) is 2.50. The van der Waals surface area contributed by atoms with E-state index in [1.54, 1.807) is 12.1 Å². The van der Waals surface area contributed by atoms with Crippen molar-refractivity contribution in [1.82, 2.24) is 10.2 Å². The number of nitrogens with one attached hydrogen (secondary N) is 1. The smallest absolute Gasteiger partial charge is 0.387 e. The van der Waals surface area contributed by atoms with Crippen LogP contribution in [0, 0.1) is 0 Å². The summed E-state index contributed by atoms with van der Waals surface area (Å²) in [5.74, 6) is 0.231. The van der Waals surface area contributed by atoms with Crippen molar-refractivity contribution in [3.8, 4) is 5.75 Å². The third kappa shape index (κ3) is 5.35. The normalized spacial score (nSPS) is 17.1. The number of halogens is 3. The SMILES string of the molecule is Cl.OCCC[C@@H](c1ccccc1OC(F)F)N1CCNCC1.